The van der Waals surface area contributed by atoms with Gasteiger partial charge in [-0.1, -0.05) is 27.7 Å². The van der Waals surface area contributed by atoms with E-state index in [0.29, 0.717) is 17.8 Å². The summed E-state index contributed by atoms with van der Waals surface area (Å²) >= 11 is 0. The number of carbonyl (C=O) groups excluding carboxylic acids is 1. The van der Waals surface area contributed by atoms with Crippen LogP contribution in [-0.4, -0.2) is 12.6 Å². The van der Waals surface area contributed by atoms with Gasteiger partial charge in [-0.25, -0.2) is 0 Å². The van der Waals surface area contributed by atoms with Crippen LogP contribution in [-0.2, 0) is 9.53 Å². The lowest BCUT2D eigenvalue weighted by atomic mass is 9.71. The number of hydrogen-bond donors (Lipinski definition) is 0. The van der Waals surface area contributed by atoms with Gasteiger partial charge < -0.3 is 4.74 Å². The third-order valence-corrected chi connectivity index (χ3v) is 3.18. The molecule has 0 aromatic heterocycles. The van der Waals surface area contributed by atoms with Crippen molar-refractivity contribution < 1.29 is 9.53 Å². The van der Waals surface area contributed by atoms with E-state index in [4.69, 9.17) is 4.74 Å². The quantitative estimate of drug-likeness (QED) is 0.653. The summed E-state index contributed by atoms with van der Waals surface area (Å²) in [4.78, 5) is 10.2. The van der Waals surface area contributed by atoms with Gasteiger partial charge in [-0.05, 0) is 37.5 Å². The van der Waals surface area contributed by atoms with Crippen molar-refractivity contribution >= 4 is 6.47 Å². The van der Waals surface area contributed by atoms with Crippen molar-refractivity contribution in [3.8, 4) is 0 Å². The van der Waals surface area contributed by atoms with Gasteiger partial charge >= 0.3 is 0 Å². The van der Waals surface area contributed by atoms with Gasteiger partial charge in [-0.15, -0.1) is 0 Å². The molecule has 14 heavy (non-hydrogen) atoms. The maximum absolute atomic E-state index is 10.2. The first-order chi connectivity index (χ1) is 6.05. The predicted octanol–water partition coefficient (Wildman–Crippen LogP) is 3.40. The molecule has 0 N–H and O–H groups in total. The maximum Gasteiger partial charge on any atom is 0.293 e. The van der Waals surface area contributed by atoms with Crippen LogP contribution in [0.2, 0.25) is 0 Å². The molecule has 1 fully saturated rings. The Morgan fingerprint density at radius 2 is 2.14 bits per heavy atom. The van der Waals surface area contributed by atoms with E-state index in [0.717, 1.165) is 0 Å². The Morgan fingerprint density at radius 1 is 1.50 bits per heavy atom. The summed E-state index contributed by atoms with van der Waals surface area (Å²) in [5.41, 5.74) is 0.434. The second-order valence-electron chi connectivity index (χ2n) is 4.96. The molecule has 0 aliphatic heterocycles. The summed E-state index contributed by atoms with van der Waals surface area (Å²) in [6.07, 6.45) is 5.05. The molecule has 2 heteroatoms. The SMILES string of the molecule is C.CC(OC=O)C1CCCC(C)(C)C1. The van der Waals surface area contributed by atoms with Crippen LogP contribution in [0.5, 0.6) is 0 Å². The Balaban J connectivity index is 0.00000169. The van der Waals surface area contributed by atoms with Crippen LogP contribution < -0.4 is 0 Å². The zero-order valence-corrected chi connectivity index (χ0v) is 8.88. The molecule has 2 atom stereocenters. The molecule has 0 spiro atoms. The highest BCUT2D eigenvalue weighted by molar-refractivity contribution is 5.37. The molecule has 0 amide bonds. The van der Waals surface area contributed by atoms with E-state index in [9.17, 15) is 4.79 Å². The minimum absolute atomic E-state index is 0. The van der Waals surface area contributed by atoms with Gasteiger partial charge in [-0.2, -0.15) is 0 Å². The second-order valence-corrected chi connectivity index (χ2v) is 4.96. The van der Waals surface area contributed by atoms with Gasteiger partial charge in [0.2, 0.25) is 0 Å². The Labute approximate surface area is 88.0 Å². The molecule has 2 unspecified atom stereocenters. The van der Waals surface area contributed by atoms with E-state index >= 15 is 0 Å². The van der Waals surface area contributed by atoms with Gasteiger partial charge in [0.1, 0.15) is 6.10 Å². The molecule has 0 bridgehead atoms. The van der Waals surface area contributed by atoms with E-state index in [-0.39, 0.29) is 13.5 Å². The molecule has 2 nitrogen and oxygen atoms in total. The fraction of sp³-hybridized carbons (Fsp3) is 0.917. The summed E-state index contributed by atoms with van der Waals surface area (Å²) in [6, 6.07) is 0. The molecule has 84 valence electrons. The fourth-order valence-electron chi connectivity index (χ4n) is 2.36. The van der Waals surface area contributed by atoms with Crippen LogP contribution in [0.4, 0.5) is 0 Å². The third kappa shape index (κ3) is 3.69. The van der Waals surface area contributed by atoms with Crippen molar-refractivity contribution in [3.63, 3.8) is 0 Å². The summed E-state index contributed by atoms with van der Waals surface area (Å²) < 4.78 is 4.99. The van der Waals surface area contributed by atoms with Crippen molar-refractivity contribution in [1.29, 1.82) is 0 Å². The number of rotatable bonds is 3. The number of hydrogen-bond acceptors (Lipinski definition) is 2. The van der Waals surface area contributed by atoms with Crippen LogP contribution in [0.1, 0.15) is 53.9 Å². The topological polar surface area (TPSA) is 26.3 Å². The van der Waals surface area contributed by atoms with Gasteiger partial charge in [0.15, 0.2) is 0 Å². The van der Waals surface area contributed by atoms with E-state index in [1.807, 2.05) is 6.92 Å². The average molecular weight is 200 g/mol. The fourth-order valence-corrected chi connectivity index (χ4v) is 2.36. The van der Waals surface area contributed by atoms with E-state index in [1.165, 1.54) is 25.7 Å². The van der Waals surface area contributed by atoms with Crippen LogP contribution in [0.3, 0.4) is 0 Å². The Morgan fingerprint density at radius 3 is 2.64 bits per heavy atom. The van der Waals surface area contributed by atoms with E-state index in [2.05, 4.69) is 13.8 Å². The zero-order valence-electron chi connectivity index (χ0n) is 8.88. The van der Waals surface area contributed by atoms with Crippen molar-refractivity contribution in [2.45, 2.75) is 60.0 Å². The minimum atomic E-state index is 0. The molecule has 0 saturated heterocycles. The zero-order chi connectivity index (χ0) is 9.90. The summed E-state index contributed by atoms with van der Waals surface area (Å²) in [5, 5.41) is 0. The minimum Gasteiger partial charge on any atom is -0.465 e. The Kier molecular flexibility index (Phi) is 5.17. The lowest BCUT2D eigenvalue weighted by Gasteiger charge is -2.37. The molecule has 1 aliphatic rings. The number of carbonyl (C=O) groups is 1. The van der Waals surface area contributed by atoms with Crippen LogP contribution in [0.15, 0.2) is 0 Å². The number of ether oxygens (including phenoxy) is 1. The standard InChI is InChI=1S/C11H20O2.CH4/c1-9(13-8-12)10-5-4-6-11(2,3)7-10;/h8-10H,4-7H2,1-3H3;1H4. The van der Waals surface area contributed by atoms with Crippen molar-refractivity contribution in [2.75, 3.05) is 0 Å². The molecule has 0 aromatic carbocycles. The van der Waals surface area contributed by atoms with Crippen molar-refractivity contribution in [1.82, 2.24) is 0 Å². The predicted molar refractivity (Wildman–Crippen MR) is 59.1 cm³/mol. The molecular weight excluding hydrogens is 176 g/mol. The van der Waals surface area contributed by atoms with E-state index < -0.39 is 0 Å². The third-order valence-electron chi connectivity index (χ3n) is 3.18. The summed E-state index contributed by atoms with van der Waals surface area (Å²) in [5.74, 6) is 0.564. The monoisotopic (exact) mass is 200 g/mol. The largest absolute Gasteiger partial charge is 0.465 e. The van der Waals surface area contributed by atoms with Crippen molar-refractivity contribution in [2.24, 2.45) is 11.3 Å². The molecule has 0 aromatic rings. The molecule has 1 saturated carbocycles. The summed E-state index contributed by atoms with van der Waals surface area (Å²) in [6.45, 7) is 7.17. The first-order valence-electron chi connectivity index (χ1n) is 5.14. The lowest BCUT2D eigenvalue weighted by molar-refractivity contribution is -0.136. The van der Waals surface area contributed by atoms with Crippen LogP contribution >= 0.6 is 0 Å². The molecule has 0 radical (unpaired) electrons. The Bertz CT molecular complexity index is 175. The normalized spacial score (nSPS) is 27.2. The maximum atomic E-state index is 10.2. The van der Waals surface area contributed by atoms with E-state index in [1.54, 1.807) is 0 Å². The van der Waals surface area contributed by atoms with Gasteiger partial charge in [-0.3, -0.25) is 4.79 Å². The highest BCUT2D eigenvalue weighted by Gasteiger charge is 2.31. The Hall–Kier alpha value is -0.530. The first-order valence-corrected chi connectivity index (χ1v) is 5.14. The molecular formula is C12H24O2. The van der Waals surface area contributed by atoms with Crippen LogP contribution in [0.25, 0.3) is 0 Å². The lowest BCUT2D eigenvalue weighted by Crippen LogP contribution is -2.30. The average Bonchev–Trinajstić information content (AvgIpc) is 2.03. The smallest absolute Gasteiger partial charge is 0.293 e. The summed E-state index contributed by atoms with van der Waals surface area (Å²) in [7, 11) is 0. The van der Waals surface area contributed by atoms with Crippen LogP contribution in [0, 0.1) is 11.3 Å². The van der Waals surface area contributed by atoms with Gasteiger partial charge in [0.25, 0.3) is 6.47 Å². The highest BCUT2D eigenvalue weighted by atomic mass is 16.5. The highest BCUT2D eigenvalue weighted by Crippen LogP contribution is 2.40. The van der Waals surface area contributed by atoms with Gasteiger partial charge in [0, 0.05) is 0 Å². The first kappa shape index (κ1) is 13.5. The second kappa shape index (κ2) is 5.38. The molecule has 0 heterocycles. The molecule has 1 aliphatic carbocycles. The van der Waals surface area contributed by atoms with Crippen molar-refractivity contribution in [3.05, 3.63) is 0 Å². The molecule has 1 rings (SSSR count). The van der Waals surface area contributed by atoms with Gasteiger partial charge in [0.05, 0.1) is 0 Å².